The Labute approximate surface area is 73.2 Å². The molecular weight excluding hydrogens is 187 g/mol. The predicted molar refractivity (Wildman–Crippen MR) is 38.0 cm³/mol. The Bertz CT molecular complexity index is 208. The molecule has 6 heteroatoms. The van der Waals surface area contributed by atoms with E-state index in [0.29, 0.717) is 0 Å². The number of carbonyl (C=O) groups is 1. The minimum atomic E-state index is -4.54. The largest absolute Gasteiger partial charge is 0.468 e. The Morgan fingerprint density at radius 3 is 2.46 bits per heavy atom. The highest BCUT2D eigenvalue weighted by Crippen LogP contribution is 2.43. The second-order valence-electron chi connectivity index (χ2n) is 3.00. The first-order valence-corrected chi connectivity index (χ1v) is 3.80. The first-order chi connectivity index (χ1) is 5.94. The van der Waals surface area contributed by atoms with Gasteiger partial charge in [0.05, 0.1) is 7.11 Å². The van der Waals surface area contributed by atoms with Crippen molar-refractivity contribution in [3.8, 4) is 0 Å². The van der Waals surface area contributed by atoms with Gasteiger partial charge in [-0.2, -0.15) is 13.2 Å². The van der Waals surface area contributed by atoms with Crippen molar-refractivity contribution in [2.75, 3.05) is 20.2 Å². The van der Waals surface area contributed by atoms with Crippen molar-refractivity contribution in [1.82, 2.24) is 5.32 Å². The molecule has 1 fully saturated rings. The monoisotopic (exact) mass is 197 g/mol. The van der Waals surface area contributed by atoms with Gasteiger partial charge >= 0.3 is 12.1 Å². The van der Waals surface area contributed by atoms with Crippen LogP contribution in [0.5, 0.6) is 0 Å². The van der Waals surface area contributed by atoms with Crippen molar-refractivity contribution >= 4 is 5.97 Å². The summed E-state index contributed by atoms with van der Waals surface area (Å²) in [6.07, 6.45) is -4.78. The molecule has 1 saturated heterocycles. The SMILES string of the molecule is COC(=O)[C@]1(C(F)(F)F)CCNC1. The summed E-state index contributed by atoms with van der Waals surface area (Å²) in [5, 5.41) is 2.51. The quantitative estimate of drug-likeness (QED) is 0.629. The smallest absolute Gasteiger partial charge is 0.406 e. The van der Waals surface area contributed by atoms with Crippen LogP contribution in [0.15, 0.2) is 0 Å². The zero-order valence-corrected chi connectivity index (χ0v) is 7.07. The Balaban J connectivity index is 2.94. The van der Waals surface area contributed by atoms with Gasteiger partial charge in [0.25, 0.3) is 0 Å². The fourth-order valence-electron chi connectivity index (χ4n) is 1.42. The van der Waals surface area contributed by atoms with Gasteiger partial charge in [-0.25, -0.2) is 0 Å². The van der Waals surface area contributed by atoms with E-state index in [1.807, 2.05) is 0 Å². The minimum Gasteiger partial charge on any atom is -0.468 e. The molecule has 0 spiro atoms. The number of ether oxygens (including phenoxy) is 1. The molecule has 0 radical (unpaired) electrons. The number of methoxy groups -OCH3 is 1. The molecule has 0 bridgehead atoms. The molecule has 1 heterocycles. The van der Waals surface area contributed by atoms with Crippen LogP contribution >= 0.6 is 0 Å². The molecule has 0 saturated carbocycles. The Morgan fingerprint density at radius 1 is 1.54 bits per heavy atom. The molecule has 1 N–H and O–H groups in total. The summed E-state index contributed by atoms with van der Waals surface area (Å²) < 4.78 is 41.7. The number of halogens is 3. The summed E-state index contributed by atoms with van der Waals surface area (Å²) in [5.41, 5.74) is -2.33. The third-order valence-electron chi connectivity index (χ3n) is 2.27. The lowest BCUT2D eigenvalue weighted by Gasteiger charge is -2.27. The first-order valence-electron chi connectivity index (χ1n) is 3.80. The van der Waals surface area contributed by atoms with E-state index in [1.54, 1.807) is 0 Å². The van der Waals surface area contributed by atoms with E-state index in [9.17, 15) is 18.0 Å². The normalized spacial score (nSPS) is 28.9. The van der Waals surface area contributed by atoms with Crippen molar-refractivity contribution in [3.05, 3.63) is 0 Å². The molecule has 0 aromatic heterocycles. The molecule has 0 unspecified atom stereocenters. The van der Waals surface area contributed by atoms with Crippen LogP contribution in [0.4, 0.5) is 13.2 Å². The van der Waals surface area contributed by atoms with Crippen LogP contribution in [0, 0.1) is 5.41 Å². The van der Waals surface area contributed by atoms with Gasteiger partial charge in [-0.15, -0.1) is 0 Å². The van der Waals surface area contributed by atoms with Gasteiger partial charge in [0.2, 0.25) is 0 Å². The first kappa shape index (κ1) is 10.3. The van der Waals surface area contributed by atoms with Gasteiger partial charge in [-0.3, -0.25) is 4.79 Å². The van der Waals surface area contributed by atoms with E-state index in [4.69, 9.17) is 0 Å². The van der Waals surface area contributed by atoms with Gasteiger partial charge in [0.15, 0.2) is 5.41 Å². The molecule has 0 amide bonds. The Morgan fingerprint density at radius 2 is 2.15 bits per heavy atom. The average molecular weight is 197 g/mol. The molecular formula is C7H10F3NO2. The maximum atomic E-state index is 12.5. The van der Waals surface area contributed by atoms with Gasteiger partial charge in [0, 0.05) is 6.54 Å². The van der Waals surface area contributed by atoms with Crippen LogP contribution in [0.25, 0.3) is 0 Å². The third-order valence-corrected chi connectivity index (χ3v) is 2.27. The van der Waals surface area contributed by atoms with Crippen LogP contribution in [0.1, 0.15) is 6.42 Å². The topological polar surface area (TPSA) is 38.3 Å². The van der Waals surface area contributed by atoms with Crippen molar-refractivity contribution < 1.29 is 22.7 Å². The van der Waals surface area contributed by atoms with Crippen LogP contribution in [0.3, 0.4) is 0 Å². The molecule has 1 rings (SSSR count). The van der Waals surface area contributed by atoms with E-state index >= 15 is 0 Å². The van der Waals surface area contributed by atoms with Gasteiger partial charge in [-0.1, -0.05) is 0 Å². The van der Waals surface area contributed by atoms with Gasteiger partial charge in [-0.05, 0) is 13.0 Å². The number of hydrogen-bond acceptors (Lipinski definition) is 3. The van der Waals surface area contributed by atoms with E-state index in [-0.39, 0.29) is 19.5 Å². The number of esters is 1. The predicted octanol–water partition coefficient (Wildman–Crippen LogP) is 0.701. The van der Waals surface area contributed by atoms with Crippen LogP contribution in [-0.2, 0) is 9.53 Å². The van der Waals surface area contributed by atoms with E-state index in [1.165, 1.54) is 0 Å². The van der Waals surface area contributed by atoms with E-state index in [2.05, 4.69) is 10.1 Å². The lowest BCUT2D eigenvalue weighted by Crippen LogP contribution is -2.47. The minimum absolute atomic E-state index is 0.189. The second kappa shape index (κ2) is 3.17. The molecule has 1 aliphatic rings. The molecule has 1 aliphatic heterocycles. The third kappa shape index (κ3) is 1.50. The second-order valence-corrected chi connectivity index (χ2v) is 3.00. The average Bonchev–Trinajstić information content (AvgIpc) is 2.50. The summed E-state index contributed by atoms with van der Waals surface area (Å²) in [7, 11) is 0.966. The van der Waals surface area contributed by atoms with Crippen molar-refractivity contribution in [2.45, 2.75) is 12.6 Å². The molecule has 1 atom stereocenters. The molecule has 13 heavy (non-hydrogen) atoms. The fourth-order valence-corrected chi connectivity index (χ4v) is 1.42. The molecule has 0 aromatic carbocycles. The van der Waals surface area contributed by atoms with E-state index in [0.717, 1.165) is 7.11 Å². The van der Waals surface area contributed by atoms with Crippen LogP contribution < -0.4 is 5.32 Å². The van der Waals surface area contributed by atoms with E-state index < -0.39 is 17.6 Å². The highest BCUT2D eigenvalue weighted by molar-refractivity contribution is 5.78. The lowest BCUT2D eigenvalue weighted by atomic mass is 9.86. The zero-order chi connectivity index (χ0) is 10.1. The number of alkyl halides is 3. The lowest BCUT2D eigenvalue weighted by molar-refractivity contribution is -0.227. The number of hydrogen-bond donors (Lipinski definition) is 1. The number of nitrogens with one attached hydrogen (secondary N) is 1. The van der Waals surface area contributed by atoms with Crippen molar-refractivity contribution in [1.29, 1.82) is 0 Å². The maximum Gasteiger partial charge on any atom is 0.406 e. The number of carbonyl (C=O) groups excluding carboxylic acids is 1. The molecule has 0 aromatic rings. The highest BCUT2D eigenvalue weighted by Gasteiger charge is 2.62. The molecule has 76 valence electrons. The summed E-state index contributed by atoms with van der Waals surface area (Å²) in [6, 6.07) is 0. The maximum absolute atomic E-state index is 12.5. The molecule has 3 nitrogen and oxygen atoms in total. The van der Waals surface area contributed by atoms with Crippen LogP contribution in [-0.4, -0.2) is 32.3 Å². The molecule has 0 aliphatic carbocycles. The highest BCUT2D eigenvalue weighted by atomic mass is 19.4. The van der Waals surface area contributed by atoms with Gasteiger partial charge < -0.3 is 10.1 Å². The summed E-state index contributed by atoms with van der Waals surface area (Å²) in [5.74, 6) is -1.20. The van der Waals surface area contributed by atoms with Crippen LogP contribution in [0.2, 0.25) is 0 Å². The fraction of sp³-hybridized carbons (Fsp3) is 0.857. The summed E-state index contributed by atoms with van der Waals surface area (Å²) >= 11 is 0. The number of rotatable bonds is 1. The standard InChI is InChI=1S/C7H10F3NO2/c1-13-5(12)6(7(8,9)10)2-3-11-4-6/h11H,2-4H2,1H3/t6-/m0/s1. The Kier molecular flexibility index (Phi) is 2.51. The zero-order valence-electron chi connectivity index (χ0n) is 7.07. The Hall–Kier alpha value is -0.780. The summed E-state index contributed by atoms with van der Waals surface area (Å²) in [6.45, 7) is -0.197. The summed E-state index contributed by atoms with van der Waals surface area (Å²) in [4.78, 5) is 11.0. The van der Waals surface area contributed by atoms with Crippen molar-refractivity contribution in [3.63, 3.8) is 0 Å². The van der Waals surface area contributed by atoms with Crippen molar-refractivity contribution in [2.24, 2.45) is 5.41 Å². The van der Waals surface area contributed by atoms with Gasteiger partial charge in [0.1, 0.15) is 0 Å².